The molecule has 7 nitrogen and oxygen atoms in total. The highest BCUT2D eigenvalue weighted by molar-refractivity contribution is 7.12. The third kappa shape index (κ3) is 5.39. The molecule has 35 heavy (non-hydrogen) atoms. The Kier molecular flexibility index (Phi) is 7.11. The second-order valence-corrected chi connectivity index (χ2v) is 10.2. The van der Waals surface area contributed by atoms with E-state index in [1.807, 2.05) is 42.8 Å². The number of thiazole rings is 1. The number of rotatable bonds is 8. The fraction of sp³-hybridized carbons (Fsp3) is 0.370. The van der Waals surface area contributed by atoms with E-state index in [1.54, 1.807) is 22.1 Å². The minimum Gasteiger partial charge on any atom is -0.337 e. The molecular weight excluding hydrogens is 456 g/mol. The number of piperidine rings is 1. The largest absolute Gasteiger partial charge is 0.337 e. The standard InChI is InChI=1S/C27H32N6OS/c1-30-15-12-24(29-30)26(34)31(2)25(19-21-7-4-3-5-8-21)22-10-16-32(17-11-22)20-23-9-6-14-33(23)27-28-13-18-35-27/h3-9,12-15,18,22,25H,10-11,16-17,19-20H2,1-2H3. The van der Waals surface area contributed by atoms with Crippen molar-refractivity contribution in [2.75, 3.05) is 20.1 Å². The second kappa shape index (κ2) is 10.6. The quantitative estimate of drug-likeness (QED) is 0.372. The Morgan fingerprint density at radius 1 is 1.11 bits per heavy atom. The lowest BCUT2D eigenvalue weighted by Gasteiger charge is -2.40. The van der Waals surface area contributed by atoms with E-state index >= 15 is 0 Å². The molecule has 1 saturated heterocycles. The Bertz CT molecular complexity index is 1220. The van der Waals surface area contributed by atoms with Crippen LogP contribution in [0.4, 0.5) is 0 Å². The first-order valence-electron chi connectivity index (χ1n) is 12.2. The third-order valence-corrected chi connectivity index (χ3v) is 7.83. The molecule has 4 heterocycles. The average molecular weight is 489 g/mol. The van der Waals surface area contributed by atoms with E-state index < -0.39 is 0 Å². The highest BCUT2D eigenvalue weighted by atomic mass is 32.1. The highest BCUT2D eigenvalue weighted by Gasteiger charge is 2.32. The summed E-state index contributed by atoms with van der Waals surface area (Å²) < 4.78 is 3.88. The predicted octanol–water partition coefficient (Wildman–Crippen LogP) is 4.26. The highest BCUT2D eigenvalue weighted by Crippen LogP contribution is 2.28. The number of aromatic nitrogens is 4. The molecule has 1 aliphatic rings. The molecular formula is C27H32N6OS. The number of benzene rings is 1. The van der Waals surface area contributed by atoms with Gasteiger partial charge in [0.25, 0.3) is 5.91 Å². The zero-order valence-electron chi connectivity index (χ0n) is 20.3. The van der Waals surface area contributed by atoms with Crippen LogP contribution in [0.2, 0.25) is 0 Å². The van der Waals surface area contributed by atoms with Crippen molar-refractivity contribution < 1.29 is 4.79 Å². The van der Waals surface area contributed by atoms with Crippen molar-refractivity contribution in [1.29, 1.82) is 0 Å². The Labute approximate surface area is 210 Å². The SMILES string of the molecule is CN(C(=O)c1ccn(C)n1)C(Cc1ccccc1)C1CCN(Cc2cccn2-c2nccs2)CC1. The number of carbonyl (C=O) groups excluding carboxylic acids is 1. The summed E-state index contributed by atoms with van der Waals surface area (Å²) in [5.41, 5.74) is 3.04. The van der Waals surface area contributed by atoms with Crippen LogP contribution in [0, 0.1) is 5.92 Å². The summed E-state index contributed by atoms with van der Waals surface area (Å²) in [5.74, 6) is 0.435. The Morgan fingerprint density at radius 3 is 2.60 bits per heavy atom. The van der Waals surface area contributed by atoms with Gasteiger partial charge in [-0.3, -0.25) is 18.9 Å². The van der Waals surface area contributed by atoms with Crippen molar-refractivity contribution in [1.82, 2.24) is 29.1 Å². The first-order valence-corrected chi connectivity index (χ1v) is 13.1. The molecule has 3 aromatic heterocycles. The van der Waals surface area contributed by atoms with Gasteiger partial charge in [-0.25, -0.2) is 4.98 Å². The first-order chi connectivity index (χ1) is 17.1. The molecule has 0 radical (unpaired) electrons. The zero-order chi connectivity index (χ0) is 24.2. The van der Waals surface area contributed by atoms with Crippen LogP contribution >= 0.6 is 11.3 Å². The molecule has 5 rings (SSSR count). The van der Waals surface area contributed by atoms with Gasteiger partial charge in [-0.1, -0.05) is 30.3 Å². The van der Waals surface area contributed by atoms with Crippen molar-refractivity contribution in [3.8, 4) is 5.13 Å². The van der Waals surface area contributed by atoms with Crippen molar-refractivity contribution in [2.45, 2.75) is 31.8 Å². The minimum atomic E-state index is -0.00441. The topological polar surface area (TPSA) is 59.2 Å². The molecule has 4 aromatic rings. The van der Waals surface area contributed by atoms with Gasteiger partial charge in [-0.15, -0.1) is 11.3 Å². The van der Waals surface area contributed by atoms with E-state index in [4.69, 9.17) is 0 Å². The summed E-state index contributed by atoms with van der Waals surface area (Å²) in [6.45, 7) is 2.95. The third-order valence-electron chi connectivity index (χ3n) is 7.06. The normalized spacial score (nSPS) is 15.8. The molecule has 1 aromatic carbocycles. The van der Waals surface area contributed by atoms with Crippen LogP contribution in [0.15, 0.2) is 72.5 Å². The summed E-state index contributed by atoms with van der Waals surface area (Å²) in [6, 6.07) is 16.7. The summed E-state index contributed by atoms with van der Waals surface area (Å²) in [5, 5.41) is 7.39. The molecule has 8 heteroatoms. The lowest BCUT2D eigenvalue weighted by Crippen LogP contribution is -2.47. The number of nitrogens with zero attached hydrogens (tertiary/aromatic N) is 6. The van der Waals surface area contributed by atoms with E-state index in [9.17, 15) is 4.79 Å². The van der Waals surface area contributed by atoms with Crippen LogP contribution in [0.3, 0.4) is 0 Å². The van der Waals surface area contributed by atoms with Gasteiger partial charge >= 0.3 is 0 Å². The number of likely N-dealkylation sites (N-methyl/N-ethyl adjacent to an activating group) is 1. The molecule has 1 fully saturated rings. The number of likely N-dealkylation sites (tertiary alicyclic amines) is 1. The van der Waals surface area contributed by atoms with Gasteiger partial charge in [0.15, 0.2) is 5.13 Å². The molecule has 1 amide bonds. The molecule has 0 bridgehead atoms. The first kappa shape index (κ1) is 23.5. The molecule has 1 unspecified atom stereocenters. The molecule has 0 spiro atoms. The van der Waals surface area contributed by atoms with Crippen LogP contribution in [0.5, 0.6) is 0 Å². The molecule has 0 saturated carbocycles. The molecule has 0 aliphatic carbocycles. The molecule has 182 valence electrons. The Hall–Kier alpha value is -3.23. The van der Waals surface area contributed by atoms with Crippen LogP contribution in [-0.2, 0) is 20.0 Å². The van der Waals surface area contributed by atoms with Crippen molar-refractivity contribution in [3.05, 3.63) is 89.5 Å². The van der Waals surface area contributed by atoms with E-state index in [0.29, 0.717) is 11.6 Å². The summed E-state index contributed by atoms with van der Waals surface area (Å²) in [4.78, 5) is 22.2. The summed E-state index contributed by atoms with van der Waals surface area (Å²) in [6.07, 6.45) is 8.76. The summed E-state index contributed by atoms with van der Waals surface area (Å²) >= 11 is 1.66. The minimum absolute atomic E-state index is 0.00441. The van der Waals surface area contributed by atoms with Gasteiger partial charge in [0.2, 0.25) is 0 Å². The van der Waals surface area contributed by atoms with Gasteiger partial charge in [0.05, 0.1) is 0 Å². The van der Waals surface area contributed by atoms with Crippen LogP contribution in [-0.4, -0.2) is 61.2 Å². The van der Waals surface area contributed by atoms with Crippen molar-refractivity contribution in [2.24, 2.45) is 13.0 Å². The number of aryl methyl sites for hydroxylation is 1. The maximum atomic E-state index is 13.3. The van der Waals surface area contributed by atoms with E-state index in [0.717, 1.165) is 44.0 Å². The monoisotopic (exact) mass is 488 g/mol. The van der Waals surface area contributed by atoms with Gasteiger partial charge in [-0.05, 0) is 62.0 Å². The number of carbonyl (C=O) groups is 1. The smallest absolute Gasteiger partial charge is 0.274 e. The second-order valence-electron chi connectivity index (χ2n) is 9.35. The van der Waals surface area contributed by atoms with E-state index in [2.05, 4.69) is 62.1 Å². The van der Waals surface area contributed by atoms with Gasteiger partial charge < -0.3 is 4.90 Å². The average Bonchev–Trinajstić information content (AvgIpc) is 3.65. The number of amides is 1. The maximum absolute atomic E-state index is 13.3. The van der Waals surface area contributed by atoms with E-state index in [-0.39, 0.29) is 11.9 Å². The van der Waals surface area contributed by atoms with Crippen LogP contribution < -0.4 is 0 Å². The lowest BCUT2D eigenvalue weighted by atomic mass is 9.84. The lowest BCUT2D eigenvalue weighted by molar-refractivity contribution is 0.0577. The van der Waals surface area contributed by atoms with Crippen LogP contribution in [0.25, 0.3) is 5.13 Å². The Morgan fingerprint density at radius 2 is 1.91 bits per heavy atom. The molecule has 1 atom stereocenters. The predicted molar refractivity (Wildman–Crippen MR) is 139 cm³/mol. The van der Waals surface area contributed by atoms with E-state index in [1.165, 1.54) is 11.3 Å². The van der Waals surface area contributed by atoms with Crippen molar-refractivity contribution >= 4 is 17.2 Å². The fourth-order valence-corrected chi connectivity index (χ4v) is 5.78. The summed E-state index contributed by atoms with van der Waals surface area (Å²) in [7, 11) is 3.79. The van der Waals surface area contributed by atoms with Crippen molar-refractivity contribution in [3.63, 3.8) is 0 Å². The maximum Gasteiger partial charge on any atom is 0.274 e. The zero-order valence-corrected chi connectivity index (χ0v) is 21.1. The molecule has 0 N–H and O–H groups in total. The fourth-order valence-electron chi connectivity index (χ4n) is 5.13. The Balaban J connectivity index is 1.28. The molecule has 1 aliphatic heterocycles. The van der Waals surface area contributed by atoms with Gasteiger partial charge in [0, 0.05) is 56.3 Å². The number of hydrogen-bond donors (Lipinski definition) is 0. The van der Waals surface area contributed by atoms with Gasteiger partial charge in [0.1, 0.15) is 5.69 Å². The number of hydrogen-bond acceptors (Lipinski definition) is 5. The van der Waals surface area contributed by atoms with Crippen LogP contribution in [0.1, 0.15) is 34.6 Å². The van der Waals surface area contributed by atoms with Gasteiger partial charge in [-0.2, -0.15) is 5.10 Å².